The van der Waals surface area contributed by atoms with Crippen LogP contribution in [-0.4, -0.2) is 96.7 Å². The Morgan fingerprint density at radius 1 is 0.333 bits per heavy atom. The summed E-state index contributed by atoms with van der Waals surface area (Å²) in [6.07, 6.45) is 42.0. The molecule has 17 nitrogen and oxygen atoms in total. The predicted molar refractivity (Wildman–Crippen MR) is 349 cm³/mol. The summed E-state index contributed by atoms with van der Waals surface area (Å²) < 4.78 is 68.0. The zero-order chi connectivity index (χ0) is 64.5. The van der Waals surface area contributed by atoms with Crippen molar-refractivity contribution in [3.63, 3.8) is 0 Å². The molecule has 0 saturated heterocycles. The highest BCUT2D eigenvalue weighted by molar-refractivity contribution is 7.47. The number of rotatable bonds is 66. The second-order valence-corrected chi connectivity index (χ2v) is 28.7. The fourth-order valence-corrected chi connectivity index (χ4v) is 11.7. The van der Waals surface area contributed by atoms with Crippen molar-refractivity contribution < 1.29 is 80.2 Å². The fourth-order valence-electron chi connectivity index (χ4n) is 10.2. The van der Waals surface area contributed by atoms with E-state index in [9.17, 15) is 43.2 Å². The van der Waals surface area contributed by atoms with Crippen LogP contribution in [0.4, 0.5) is 0 Å². The lowest BCUT2D eigenvalue weighted by Crippen LogP contribution is -2.30. The predicted octanol–water partition coefficient (Wildman–Crippen LogP) is 19.1. The van der Waals surface area contributed by atoms with Gasteiger partial charge in [-0.25, -0.2) is 9.13 Å². The molecule has 19 heteroatoms. The third-order valence-corrected chi connectivity index (χ3v) is 17.9. The van der Waals surface area contributed by atoms with E-state index in [1.54, 1.807) is 0 Å². The van der Waals surface area contributed by atoms with Crippen molar-refractivity contribution >= 4 is 39.5 Å². The zero-order valence-corrected chi connectivity index (χ0v) is 58.3. The average Bonchev–Trinajstić information content (AvgIpc) is 3.69. The smallest absolute Gasteiger partial charge is 0.462 e. The number of carbonyl (C=O) groups is 4. The molecule has 0 spiro atoms. The molecule has 516 valence electrons. The number of carbonyl (C=O) groups excluding carboxylic acids is 4. The third kappa shape index (κ3) is 61.3. The Balaban J connectivity index is 5.18. The first-order valence-corrected chi connectivity index (χ1v) is 38.4. The Labute approximate surface area is 530 Å². The maximum atomic E-state index is 13.0. The summed E-state index contributed by atoms with van der Waals surface area (Å²) in [6, 6.07) is 0. The first kappa shape index (κ1) is 85.1. The van der Waals surface area contributed by atoms with E-state index >= 15 is 0 Å². The summed E-state index contributed by atoms with van der Waals surface area (Å²) in [4.78, 5) is 72.2. The molecule has 0 aromatic heterocycles. The van der Waals surface area contributed by atoms with Crippen LogP contribution in [0.3, 0.4) is 0 Å². The number of ether oxygens (including phenoxy) is 4. The standard InChI is InChI=1S/C68H132O17P2/c1-8-10-11-32-42-49-65(70)78-55-63(84-68(73)52-45-38-31-25-19-21-27-34-40-47-60(5)6)57-82-86(74,75)80-53-62(69)54-81-87(76,77)83-58-64(56-79-66(71)50-43-36-29-23-18-17-22-28-35-41-48-61(7)9-2)85-67(72)51-44-37-30-24-16-14-12-13-15-20-26-33-39-46-59(3)4/h59-64,69H,8-58H2,1-7H3,(H,74,75)(H,76,77)/t61?,62-,63+,64+/m0/s1. The highest BCUT2D eigenvalue weighted by Gasteiger charge is 2.30. The minimum atomic E-state index is -4.95. The minimum absolute atomic E-state index is 0.104. The van der Waals surface area contributed by atoms with Crippen LogP contribution in [0.2, 0.25) is 0 Å². The van der Waals surface area contributed by atoms with E-state index in [1.165, 1.54) is 141 Å². The zero-order valence-electron chi connectivity index (χ0n) is 56.5. The van der Waals surface area contributed by atoms with Crippen LogP contribution in [0.25, 0.3) is 0 Å². The van der Waals surface area contributed by atoms with Crippen molar-refractivity contribution in [2.45, 2.75) is 356 Å². The van der Waals surface area contributed by atoms with Gasteiger partial charge in [0, 0.05) is 25.7 Å². The molecule has 0 bridgehead atoms. The lowest BCUT2D eigenvalue weighted by molar-refractivity contribution is -0.161. The van der Waals surface area contributed by atoms with Crippen LogP contribution >= 0.6 is 15.6 Å². The van der Waals surface area contributed by atoms with Gasteiger partial charge in [0.15, 0.2) is 12.2 Å². The number of unbranched alkanes of at least 4 members (excludes halogenated alkanes) is 33. The molecule has 0 saturated carbocycles. The maximum Gasteiger partial charge on any atom is 0.472 e. The van der Waals surface area contributed by atoms with Crippen molar-refractivity contribution in [3.05, 3.63) is 0 Å². The molecule has 87 heavy (non-hydrogen) atoms. The molecule has 0 aromatic rings. The van der Waals surface area contributed by atoms with Gasteiger partial charge in [-0.05, 0) is 43.4 Å². The number of aliphatic hydroxyl groups excluding tert-OH is 1. The van der Waals surface area contributed by atoms with Crippen LogP contribution in [0.5, 0.6) is 0 Å². The molecule has 6 atom stereocenters. The fraction of sp³-hybridized carbons (Fsp3) is 0.941. The van der Waals surface area contributed by atoms with Gasteiger partial charge in [-0.15, -0.1) is 0 Å². The molecule has 0 radical (unpaired) electrons. The van der Waals surface area contributed by atoms with Crippen molar-refractivity contribution in [2.24, 2.45) is 17.8 Å². The van der Waals surface area contributed by atoms with Crippen LogP contribution in [0, 0.1) is 17.8 Å². The summed E-state index contributed by atoms with van der Waals surface area (Å²) in [6.45, 7) is 11.8. The maximum absolute atomic E-state index is 13.0. The highest BCUT2D eigenvalue weighted by atomic mass is 31.2. The Morgan fingerprint density at radius 2 is 0.586 bits per heavy atom. The number of phosphoric ester groups is 2. The summed E-state index contributed by atoms with van der Waals surface area (Å²) in [5.41, 5.74) is 0. The molecule has 0 heterocycles. The van der Waals surface area contributed by atoms with Crippen LogP contribution in [0.15, 0.2) is 0 Å². The molecule has 0 aliphatic carbocycles. The van der Waals surface area contributed by atoms with Gasteiger partial charge in [-0.1, -0.05) is 286 Å². The molecule has 0 fully saturated rings. The van der Waals surface area contributed by atoms with Gasteiger partial charge in [0.2, 0.25) is 0 Å². The Bertz CT molecular complexity index is 1720. The normalized spacial score (nSPS) is 14.6. The number of phosphoric acid groups is 2. The Morgan fingerprint density at radius 3 is 0.874 bits per heavy atom. The van der Waals surface area contributed by atoms with E-state index < -0.39 is 97.5 Å². The minimum Gasteiger partial charge on any atom is -0.462 e. The van der Waals surface area contributed by atoms with Gasteiger partial charge in [0.25, 0.3) is 0 Å². The monoisotopic (exact) mass is 1280 g/mol. The molecule has 0 aromatic carbocycles. The molecular weight excluding hydrogens is 1150 g/mol. The van der Waals surface area contributed by atoms with E-state index in [4.69, 9.17) is 37.0 Å². The lowest BCUT2D eigenvalue weighted by Gasteiger charge is -2.21. The highest BCUT2D eigenvalue weighted by Crippen LogP contribution is 2.45. The van der Waals surface area contributed by atoms with E-state index in [-0.39, 0.29) is 25.7 Å². The summed E-state index contributed by atoms with van der Waals surface area (Å²) in [5.74, 6) is 0.193. The van der Waals surface area contributed by atoms with Crippen LogP contribution in [0.1, 0.15) is 337 Å². The quantitative estimate of drug-likeness (QED) is 0.0222. The van der Waals surface area contributed by atoms with Crippen molar-refractivity contribution in [2.75, 3.05) is 39.6 Å². The van der Waals surface area contributed by atoms with Gasteiger partial charge in [0.1, 0.15) is 19.3 Å². The number of hydrogen-bond acceptors (Lipinski definition) is 15. The molecule has 3 N–H and O–H groups in total. The van der Waals surface area contributed by atoms with Crippen molar-refractivity contribution in [3.8, 4) is 0 Å². The van der Waals surface area contributed by atoms with Crippen molar-refractivity contribution in [1.82, 2.24) is 0 Å². The van der Waals surface area contributed by atoms with Crippen molar-refractivity contribution in [1.29, 1.82) is 0 Å². The van der Waals surface area contributed by atoms with Gasteiger partial charge in [0.05, 0.1) is 26.4 Å². The number of esters is 4. The lowest BCUT2D eigenvalue weighted by atomic mass is 9.99. The summed E-state index contributed by atoms with van der Waals surface area (Å²) >= 11 is 0. The van der Waals surface area contributed by atoms with Crippen LogP contribution in [-0.2, 0) is 65.4 Å². The Hall–Kier alpha value is -1.94. The van der Waals surface area contributed by atoms with Gasteiger partial charge in [-0.2, -0.15) is 0 Å². The summed E-state index contributed by atoms with van der Waals surface area (Å²) in [7, 11) is -9.89. The average molecular weight is 1280 g/mol. The molecule has 0 rings (SSSR count). The van der Waals surface area contributed by atoms with Gasteiger partial charge in [-0.3, -0.25) is 37.3 Å². The molecule has 0 aliphatic rings. The molecule has 0 amide bonds. The van der Waals surface area contributed by atoms with E-state index in [1.807, 2.05) is 0 Å². The summed E-state index contributed by atoms with van der Waals surface area (Å²) in [5, 5.41) is 10.5. The van der Waals surface area contributed by atoms with E-state index in [0.29, 0.717) is 25.7 Å². The van der Waals surface area contributed by atoms with Gasteiger partial charge >= 0.3 is 39.5 Å². The van der Waals surface area contributed by atoms with Gasteiger partial charge < -0.3 is 33.8 Å². The largest absolute Gasteiger partial charge is 0.472 e. The second kappa shape index (κ2) is 59.1. The van der Waals surface area contributed by atoms with E-state index in [0.717, 1.165) is 114 Å². The molecular formula is C68H132O17P2. The van der Waals surface area contributed by atoms with E-state index in [2.05, 4.69) is 48.5 Å². The molecule has 0 aliphatic heterocycles. The number of hydrogen-bond donors (Lipinski definition) is 3. The topological polar surface area (TPSA) is 237 Å². The number of aliphatic hydroxyl groups is 1. The third-order valence-electron chi connectivity index (χ3n) is 16.0. The first-order chi connectivity index (χ1) is 41.8. The second-order valence-electron chi connectivity index (χ2n) is 25.8. The molecule has 3 unspecified atom stereocenters. The van der Waals surface area contributed by atoms with Crippen LogP contribution < -0.4 is 0 Å². The Kier molecular flexibility index (Phi) is 57.8. The first-order valence-electron chi connectivity index (χ1n) is 35.4. The SMILES string of the molecule is CCCCCCCC(=O)OC[C@H](COP(=O)(O)OC[C@H](O)COP(=O)(O)OC[C@@H](COC(=O)CCCCCCCCCCCCC(C)CC)OC(=O)CCCCCCCCCCCCCCCC(C)C)OC(=O)CCCCCCCCCCCC(C)C.